The van der Waals surface area contributed by atoms with Crippen molar-refractivity contribution in [2.24, 2.45) is 17.8 Å². The van der Waals surface area contributed by atoms with E-state index in [2.05, 4.69) is 0 Å². The molecule has 0 bridgehead atoms. The highest BCUT2D eigenvalue weighted by atomic mass is 32.1. The molecule has 0 spiro atoms. The minimum atomic E-state index is -0.749. The molecule has 1 aromatic heterocycles. The summed E-state index contributed by atoms with van der Waals surface area (Å²) < 4.78 is 0. The van der Waals surface area contributed by atoms with Crippen molar-refractivity contribution < 1.29 is 14.7 Å². The van der Waals surface area contributed by atoms with Crippen LogP contribution in [0, 0.1) is 17.8 Å². The molecule has 3 rings (SSSR count). The van der Waals surface area contributed by atoms with Crippen LogP contribution in [-0.4, -0.2) is 35.0 Å². The SMILES string of the molecule is CC(C(=O)N1C[C@H](C(=O)O)[C@@H](C2CC2)C1)c1cccs1. The Hall–Kier alpha value is -1.36. The molecule has 1 amide bonds. The molecular formula is C15H19NO3S. The minimum Gasteiger partial charge on any atom is -0.481 e. The van der Waals surface area contributed by atoms with Crippen molar-refractivity contribution in [3.8, 4) is 0 Å². The molecule has 1 aliphatic heterocycles. The van der Waals surface area contributed by atoms with Gasteiger partial charge in [-0.25, -0.2) is 0 Å². The number of thiophene rings is 1. The molecule has 1 unspecified atom stereocenters. The zero-order chi connectivity index (χ0) is 14.3. The van der Waals surface area contributed by atoms with E-state index in [-0.39, 0.29) is 23.7 Å². The fraction of sp³-hybridized carbons (Fsp3) is 0.600. The van der Waals surface area contributed by atoms with Gasteiger partial charge in [0.25, 0.3) is 0 Å². The average molecular weight is 293 g/mol. The predicted octanol–water partition coefficient (Wildman–Crippen LogP) is 2.42. The van der Waals surface area contributed by atoms with Crippen LogP contribution in [0.25, 0.3) is 0 Å². The topological polar surface area (TPSA) is 57.6 Å². The maximum Gasteiger partial charge on any atom is 0.308 e. The first-order valence-corrected chi connectivity index (χ1v) is 8.01. The number of rotatable bonds is 4. The van der Waals surface area contributed by atoms with E-state index in [0.29, 0.717) is 19.0 Å². The lowest BCUT2D eigenvalue weighted by atomic mass is 9.92. The summed E-state index contributed by atoms with van der Waals surface area (Å²) >= 11 is 1.58. The molecule has 0 aromatic carbocycles. The van der Waals surface area contributed by atoms with Crippen LogP contribution in [-0.2, 0) is 9.59 Å². The fourth-order valence-electron chi connectivity index (χ4n) is 3.21. The van der Waals surface area contributed by atoms with E-state index in [1.54, 1.807) is 16.2 Å². The molecule has 2 heterocycles. The summed E-state index contributed by atoms with van der Waals surface area (Å²) in [5.41, 5.74) is 0. The van der Waals surface area contributed by atoms with Gasteiger partial charge in [-0.1, -0.05) is 6.07 Å². The van der Waals surface area contributed by atoms with Crippen LogP contribution >= 0.6 is 11.3 Å². The van der Waals surface area contributed by atoms with E-state index in [9.17, 15) is 14.7 Å². The van der Waals surface area contributed by atoms with Crippen LogP contribution in [0.3, 0.4) is 0 Å². The summed E-state index contributed by atoms with van der Waals surface area (Å²) in [6.45, 7) is 2.91. The first-order chi connectivity index (χ1) is 9.58. The molecule has 4 nitrogen and oxygen atoms in total. The maximum atomic E-state index is 12.5. The Morgan fingerprint density at radius 3 is 2.70 bits per heavy atom. The molecule has 108 valence electrons. The number of carboxylic acid groups (broad SMARTS) is 1. The van der Waals surface area contributed by atoms with E-state index in [1.165, 1.54) is 0 Å². The molecule has 5 heteroatoms. The average Bonchev–Trinajstić information content (AvgIpc) is 2.96. The van der Waals surface area contributed by atoms with Crippen LogP contribution in [0.2, 0.25) is 0 Å². The Kier molecular flexibility index (Phi) is 3.54. The standard InChI is InChI=1S/C15H19NO3S/c1-9(13-3-2-6-20-13)14(17)16-7-11(10-4-5-10)12(8-16)15(18)19/h2-3,6,9-12H,4-5,7-8H2,1H3,(H,18,19)/t9?,11-,12+/m1/s1. The Morgan fingerprint density at radius 1 is 1.40 bits per heavy atom. The monoisotopic (exact) mass is 293 g/mol. The van der Waals surface area contributed by atoms with Crippen molar-refractivity contribution in [1.29, 1.82) is 0 Å². The van der Waals surface area contributed by atoms with Gasteiger partial charge in [-0.05, 0) is 43.0 Å². The zero-order valence-corrected chi connectivity index (χ0v) is 12.3. The smallest absolute Gasteiger partial charge is 0.308 e. The normalized spacial score (nSPS) is 27.6. The van der Waals surface area contributed by atoms with Gasteiger partial charge in [-0.3, -0.25) is 9.59 Å². The number of hydrogen-bond donors (Lipinski definition) is 1. The van der Waals surface area contributed by atoms with Gasteiger partial charge in [0.1, 0.15) is 0 Å². The van der Waals surface area contributed by atoms with Crippen molar-refractivity contribution in [2.45, 2.75) is 25.7 Å². The second-order valence-electron chi connectivity index (χ2n) is 5.93. The number of amides is 1. The molecule has 1 aliphatic carbocycles. The minimum absolute atomic E-state index is 0.0712. The summed E-state index contributed by atoms with van der Waals surface area (Å²) in [4.78, 5) is 26.7. The fourth-order valence-corrected chi connectivity index (χ4v) is 3.98. The summed E-state index contributed by atoms with van der Waals surface area (Å²) in [6, 6.07) is 3.91. The van der Waals surface area contributed by atoms with Gasteiger partial charge in [0.2, 0.25) is 5.91 Å². The van der Waals surface area contributed by atoms with Crippen LogP contribution in [0.4, 0.5) is 0 Å². The number of nitrogens with zero attached hydrogens (tertiary/aromatic N) is 1. The third-order valence-corrected chi connectivity index (χ3v) is 5.62. The number of carbonyl (C=O) groups excluding carboxylic acids is 1. The maximum absolute atomic E-state index is 12.5. The lowest BCUT2D eigenvalue weighted by molar-refractivity contribution is -0.142. The van der Waals surface area contributed by atoms with E-state index in [4.69, 9.17) is 0 Å². The summed E-state index contributed by atoms with van der Waals surface area (Å²) in [5, 5.41) is 11.3. The Balaban J connectivity index is 1.71. The largest absolute Gasteiger partial charge is 0.481 e. The van der Waals surface area contributed by atoms with Gasteiger partial charge in [0.05, 0.1) is 11.8 Å². The van der Waals surface area contributed by atoms with E-state index in [1.807, 2.05) is 24.4 Å². The zero-order valence-electron chi connectivity index (χ0n) is 11.5. The van der Waals surface area contributed by atoms with Gasteiger partial charge in [-0.15, -0.1) is 11.3 Å². The Morgan fingerprint density at radius 2 is 2.15 bits per heavy atom. The lowest BCUT2D eigenvalue weighted by Gasteiger charge is -2.20. The molecule has 1 saturated heterocycles. The summed E-state index contributed by atoms with van der Waals surface area (Å²) in [6.07, 6.45) is 2.24. The quantitative estimate of drug-likeness (QED) is 0.927. The van der Waals surface area contributed by atoms with Crippen molar-refractivity contribution in [3.63, 3.8) is 0 Å². The van der Waals surface area contributed by atoms with Gasteiger partial charge in [-0.2, -0.15) is 0 Å². The van der Waals surface area contributed by atoms with Crippen LogP contribution in [0.1, 0.15) is 30.6 Å². The van der Waals surface area contributed by atoms with Gasteiger partial charge < -0.3 is 10.0 Å². The number of likely N-dealkylation sites (tertiary alicyclic amines) is 1. The highest BCUT2D eigenvalue weighted by Gasteiger charge is 2.47. The molecule has 2 fully saturated rings. The van der Waals surface area contributed by atoms with Crippen LogP contribution in [0.5, 0.6) is 0 Å². The summed E-state index contributed by atoms with van der Waals surface area (Å²) in [7, 11) is 0. The van der Waals surface area contributed by atoms with E-state index >= 15 is 0 Å². The second-order valence-corrected chi connectivity index (χ2v) is 6.91. The molecule has 3 atom stereocenters. The van der Waals surface area contributed by atoms with E-state index < -0.39 is 5.97 Å². The number of hydrogen-bond acceptors (Lipinski definition) is 3. The number of aliphatic carboxylic acids is 1. The third-order valence-electron chi connectivity index (χ3n) is 4.56. The first-order valence-electron chi connectivity index (χ1n) is 7.13. The molecule has 1 saturated carbocycles. The van der Waals surface area contributed by atoms with Gasteiger partial charge in [0.15, 0.2) is 0 Å². The Bertz CT molecular complexity index is 509. The number of carbonyl (C=O) groups is 2. The van der Waals surface area contributed by atoms with Crippen molar-refractivity contribution in [1.82, 2.24) is 4.90 Å². The molecular weight excluding hydrogens is 274 g/mol. The van der Waals surface area contributed by atoms with Crippen LogP contribution in [0.15, 0.2) is 17.5 Å². The van der Waals surface area contributed by atoms with E-state index in [0.717, 1.165) is 17.7 Å². The molecule has 1 N–H and O–H groups in total. The highest BCUT2D eigenvalue weighted by molar-refractivity contribution is 7.10. The predicted molar refractivity (Wildman–Crippen MR) is 76.7 cm³/mol. The molecule has 2 aliphatic rings. The molecule has 1 aromatic rings. The third kappa shape index (κ3) is 2.46. The second kappa shape index (κ2) is 5.20. The molecule has 20 heavy (non-hydrogen) atoms. The van der Waals surface area contributed by atoms with Gasteiger partial charge >= 0.3 is 5.97 Å². The van der Waals surface area contributed by atoms with Crippen molar-refractivity contribution >= 4 is 23.2 Å². The number of carboxylic acids is 1. The van der Waals surface area contributed by atoms with Crippen molar-refractivity contribution in [3.05, 3.63) is 22.4 Å². The van der Waals surface area contributed by atoms with Crippen LogP contribution < -0.4 is 0 Å². The lowest BCUT2D eigenvalue weighted by Crippen LogP contribution is -2.33. The highest BCUT2D eigenvalue weighted by Crippen LogP contribution is 2.44. The Labute approximate surface area is 122 Å². The first kappa shape index (κ1) is 13.6. The van der Waals surface area contributed by atoms with Gasteiger partial charge in [0, 0.05) is 18.0 Å². The summed E-state index contributed by atoms with van der Waals surface area (Å²) in [5.74, 6) is -0.537. The molecule has 0 radical (unpaired) electrons. The van der Waals surface area contributed by atoms with Crippen molar-refractivity contribution in [2.75, 3.05) is 13.1 Å².